The Morgan fingerprint density at radius 1 is 0.889 bits per heavy atom. The number of benzene rings is 1. The van der Waals surface area contributed by atoms with Gasteiger partial charge in [0, 0.05) is 12.8 Å². The summed E-state index contributed by atoms with van der Waals surface area (Å²) in [6, 6.07) is 12.3. The Hall–Kier alpha value is -1.88. The maximum absolute atomic E-state index is 7.62. The van der Waals surface area contributed by atoms with Crippen LogP contribution in [0.2, 0.25) is 0 Å². The molecule has 0 atom stereocenters. The third-order valence-corrected chi connectivity index (χ3v) is 1.49. The highest BCUT2D eigenvalue weighted by Gasteiger charge is 1.80. The summed E-state index contributed by atoms with van der Waals surface area (Å²) in [5.41, 5.74) is 2.68. The van der Waals surface area contributed by atoms with Gasteiger partial charge in [0.2, 0.25) is 0 Å². The Morgan fingerprint density at radius 2 is 1.17 bits per heavy atom. The van der Waals surface area contributed by atoms with Crippen molar-refractivity contribution in [2.45, 2.75) is 40.5 Å². The molecule has 0 aromatic heterocycles. The van der Waals surface area contributed by atoms with Crippen molar-refractivity contribution >= 4 is 0 Å². The number of nitrogens with zero attached hydrogens (tertiary/aromatic N) is 2. The van der Waals surface area contributed by atoms with Gasteiger partial charge < -0.3 is 12.3 Å². The van der Waals surface area contributed by atoms with E-state index in [2.05, 4.69) is 38.1 Å². The van der Waals surface area contributed by atoms with Gasteiger partial charge in [-0.05, 0) is 13.8 Å². The maximum atomic E-state index is 7.62. The molecule has 0 unspecified atom stereocenters. The first-order valence-corrected chi connectivity index (χ1v) is 5.39. The van der Waals surface area contributed by atoms with Crippen LogP contribution in [-0.4, -0.2) is 0 Å². The molecule has 4 heteroatoms. The summed E-state index contributed by atoms with van der Waals surface area (Å²) in [7, 11) is 0. The lowest BCUT2D eigenvalue weighted by Gasteiger charge is -1.90. The molecule has 0 fully saturated rings. The van der Waals surface area contributed by atoms with Crippen molar-refractivity contribution in [3.05, 3.63) is 35.4 Å². The first kappa shape index (κ1) is 25.1. The summed E-state index contributed by atoms with van der Waals surface area (Å²) in [6.45, 7) is 7.85. The molecule has 0 saturated heterocycles. The number of nitriles is 2. The van der Waals surface area contributed by atoms with Crippen LogP contribution in [-0.2, 0) is 0 Å². The lowest BCUT2D eigenvalue weighted by molar-refractivity contribution is 1.22. The van der Waals surface area contributed by atoms with E-state index in [-0.39, 0.29) is 12.3 Å². The second-order valence-corrected chi connectivity index (χ2v) is 3.18. The Balaban J connectivity index is -0.0000000860. The molecule has 1 aromatic rings. The van der Waals surface area contributed by atoms with E-state index in [1.165, 1.54) is 11.1 Å². The molecule has 0 amide bonds. The van der Waals surface area contributed by atoms with E-state index >= 15 is 0 Å². The minimum absolute atomic E-state index is 0. The summed E-state index contributed by atoms with van der Waals surface area (Å²) >= 11 is 0. The molecule has 4 nitrogen and oxygen atoms in total. The Bertz CT molecular complexity index is 316. The molecule has 0 saturated carbocycles. The normalized spacial score (nSPS) is 6.33. The van der Waals surface area contributed by atoms with E-state index in [1.807, 2.05) is 26.0 Å². The summed E-state index contributed by atoms with van der Waals surface area (Å²) < 4.78 is 0. The highest BCUT2D eigenvalue weighted by atomic mass is 14.2. The fourth-order valence-electron chi connectivity index (χ4n) is 0.807. The molecule has 102 valence electrons. The van der Waals surface area contributed by atoms with Crippen LogP contribution in [0.3, 0.4) is 0 Å². The van der Waals surface area contributed by atoms with E-state index in [4.69, 9.17) is 10.5 Å². The van der Waals surface area contributed by atoms with Gasteiger partial charge >= 0.3 is 0 Å². The maximum Gasteiger partial charge on any atom is 0.0618 e. The van der Waals surface area contributed by atoms with Crippen molar-refractivity contribution in [2.75, 3.05) is 0 Å². The van der Waals surface area contributed by atoms with Crippen LogP contribution in [0, 0.1) is 36.5 Å². The molecule has 0 aliphatic rings. The van der Waals surface area contributed by atoms with Gasteiger partial charge in [0.1, 0.15) is 0 Å². The summed E-state index contributed by atoms with van der Waals surface area (Å²) in [5, 5.41) is 15.2. The number of hydrogen-bond donors (Lipinski definition) is 2. The summed E-state index contributed by atoms with van der Waals surface area (Å²) in [5.74, 6) is 0. The van der Waals surface area contributed by atoms with Gasteiger partial charge in [0.15, 0.2) is 0 Å². The first-order valence-electron chi connectivity index (χ1n) is 5.39. The SMILES string of the molecule is CCC#N.CCC#N.Cc1cccc(C)c1.N.N. The topological polar surface area (TPSA) is 118 Å². The molecule has 0 bridgehead atoms. The van der Waals surface area contributed by atoms with Crippen molar-refractivity contribution in [1.29, 1.82) is 10.5 Å². The standard InChI is InChI=1S/C8H10.2C3H5N.2H3N/c1-7-4-3-5-8(2)6-7;2*1-2-3-4;;/h3-6H,1-2H3;2*2H2,1H3;2*1H3. The monoisotopic (exact) mass is 250 g/mol. The third kappa shape index (κ3) is 23.7. The fraction of sp³-hybridized carbons (Fsp3) is 0.429. The third-order valence-electron chi connectivity index (χ3n) is 1.49. The van der Waals surface area contributed by atoms with E-state index in [1.54, 1.807) is 0 Å². The molecule has 0 spiro atoms. The van der Waals surface area contributed by atoms with Gasteiger partial charge in [-0.1, -0.05) is 49.2 Å². The minimum atomic E-state index is 0. The molecule has 0 heterocycles. The van der Waals surface area contributed by atoms with Gasteiger partial charge in [0.25, 0.3) is 0 Å². The number of rotatable bonds is 0. The van der Waals surface area contributed by atoms with E-state index in [0.29, 0.717) is 12.8 Å². The van der Waals surface area contributed by atoms with Crippen LogP contribution in [0.25, 0.3) is 0 Å². The van der Waals surface area contributed by atoms with E-state index in [9.17, 15) is 0 Å². The second-order valence-electron chi connectivity index (χ2n) is 3.18. The summed E-state index contributed by atoms with van der Waals surface area (Å²) in [4.78, 5) is 0. The van der Waals surface area contributed by atoms with Crippen LogP contribution in [0.1, 0.15) is 37.8 Å². The van der Waals surface area contributed by atoms with Gasteiger partial charge in [0.05, 0.1) is 12.1 Å². The van der Waals surface area contributed by atoms with E-state index < -0.39 is 0 Å². The smallest absolute Gasteiger partial charge is 0.0618 e. The molecule has 0 aliphatic carbocycles. The molecular weight excluding hydrogens is 224 g/mol. The lowest BCUT2D eigenvalue weighted by Crippen LogP contribution is -1.71. The largest absolute Gasteiger partial charge is 0.344 e. The average Bonchev–Trinajstić information content (AvgIpc) is 2.29. The molecular formula is C14H26N4. The molecule has 6 N–H and O–H groups in total. The number of aryl methyl sites for hydroxylation is 2. The van der Waals surface area contributed by atoms with Crippen molar-refractivity contribution in [3.63, 3.8) is 0 Å². The quantitative estimate of drug-likeness (QED) is 0.706. The van der Waals surface area contributed by atoms with Crippen molar-refractivity contribution in [2.24, 2.45) is 0 Å². The van der Waals surface area contributed by atoms with Crippen LogP contribution in [0.15, 0.2) is 24.3 Å². The van der Waals surface area contributed by atoms with Gasteiger partial charge in [-0.25, -0.2) is 0 Å². The van der Waals surface area contributed by atoms with Crippen LogP contribution in [0.5, 0.6) is 0 Å². The van der Waals surface area contributed by atoms with Crippen LogP contribution < -0.4 is 12.3 Å². The molecule has 0 radical (unpaired) electrons. The van der Waals surface area contributed by atoms with Gasteiger partial charge in [-0.15, -0.1) is 0 Å². The molecule has 18 heavy (non-hydrogen) atoms. The Kier molecular flexibility index (Phi) is 28.6. The highest BCUT2D eigenvalue weighted by Crippen LogP contribution is 2.00. The van der Waals surface area contributed by atoms with Crippen LogP contribution in [0.4, 0.5) is 0 Å². The average molecular weight is 250 g/mol. The molecule has 0 aliphatic heterocycles. The number of hydrogen-bond acceptors (Lipinski definition) is 4. The molecule has 1 aromatic carbocycles. The Morgan fingerprint density at radius 3 is 1.28 bits per heavy atom. The van der Waals surface area contributed by atoms with Crippen molar-refractivity contribution in [3.8, 4) is 12.1 Å². The zero-order valence-corrected chi connectivity index (χ0v) is 12.0. The fourth-order valence-corrected chi connectivity index (χ4v) is 0.807. The van der Waals surface area contributed by atoms with Crippen molar-refractivity contribution in [1.82, 2.24) is 12.3 Å². The van der Waals surface area contributed by atoms with Crippen LogP contribution >= 0.6 is 0 Å². The first-order chi connectivity index (χ1) is 7.62. The highest BCUT2D eigenvalue weighted by molar-refractivity contribution is 5.20. The molecule has 1 rings (SSSR count). The lowest BCUT2D eigenvalue weighted by atomic mass is 10.2. The zero-order valence-electron chi connectivity index (χ0n) is 12.0. The second kappa shape index (κ2) is 20.5. The van der Waals surface area contributed by atoms with Gasteiger partial charge in [-0.2, -0.15) is 10.5 Å². The predicted molar refractivity (Wildman–Crippen MR) is 77.8 cm³/mol. The van der Waals surface area contributed by atoms with Crippen molar-refractivity contribution < 1.29 is 0 Å². The minimum Gasteiger partial charge on any atom is -0.344 e. The Labute approximate surface area is 111 Å². The zero-order chi connectivity index (χ0) is 12.8. The predicted octanol–water partition coefficient (Wildman–Crippen LogP) is 4.47. The summed E-state index contributed by atoms with van der Waals surface area (Å²) in [6.07, 6.45) is 1.25. The van der Waals surface area contributed by atoms with E-state index in [0.717, 1.165) is 0 Å². The van der Waals surface area contributed by atoms with Gasteiger partial charge in [-0.3, -0.25) is 0 Å².